The molecule has 0 saturated heterocycles. The molecule has 0 aliphatic rings. The number of ether oxygens (including phenoxy) is 3. The number of esters is 1. The summed E-state index contributed by atoms with van der Waals surface area (Å²) in [7, 11) is 4.81. The third-order valence-electron chi connectivity index (χ3n) is 6.73. The summed E-state index contributed by atoms with van der Waals surface area (Å²) >= 11 is 0. The monoisotopic (exact) mass is 546 g/mol. The Balaban J connectivity index is 0.00000178. The second kappa shape index (κ2) is 15.0. The Morgan fingerprint density at radius 3 is 2.40 bits per heavy atom. The number of rotatable bonds is 11. The number of hydrogen-bond acceptors (Lipinski definition) is 7. The van der Waals surface area contributed by atoms with Crippen LogP contribution in [0, 0.1) is 24.7 Å². The summed E-state index contributed by atoms with van der Waals surface area (Å²) < 4.78 is 18.3. The van der Waals surface area contributed by atoms with Gasteiger partial charge >= 0.3 is 5.97 Å². The lowest BCUT2D eigenvalue weighted by atomic mass is 9.70. The lowest BCUT2D eigenvalue weighted by Gasteiger charge is -2.33. The summed E-state index contributed by atoms with van der Waals surface area (Å²) in [5.74, 6) is 2.39. The first kappa shape index (κ1) is 32.3. The molecule has 0 amide bonds. The number of aliphatic imine (C=N–C) groups is 1. The van der Waals surface area contributed by atoms with Crippen LogP contribution in [0.25, 0.3) is 11.0 Å². The summed E-state index contributed by atoms with van der Waals surface area (Å²) in [6.07, 6.45) is 6.61. The molecule has 0 fully saturated rings. The van der Waals surface area contributed by atoms with E-state index in [1.165, 1.54) is 7.11 Å². The maximum Gasteiger partial charge on any atom is 0.312 e. The SMILES string of the molecule is C#CC.CCn1nnc2c(C)c(C(C(/C=C(\C)COCc3ccc(OC)cc3)=NC)C(C)(C)C(=O)OC)ccc21. The number of benzene rings is 2. The first-order chi connectivity index (χ1) is 19.1. The van der Waals surface area contributed by atoms with Crippen molar-refractivity contribution in [1.29, 1.82) is 0 Å². The molecule has 1 unspecified atom stereocenters. The van der Waals surface area contributed by atoms with Gasteiger partial charge < -0.3 is 14.2 Å². The second-order valence-electron chi connectivity index (χ2n) is 9.97. The molecule has 0 aliphatic carbocycles. The van der Waals surface area contributed by atoms with Gasteiger partial charge in [-0.2, -0.15) is 0 Å². The number of aryl methyl sites for hydroxylation is 2. The minimum absolute atomic E-state index is 0.308. The Bertz CT molecular complexity index is 1380. The normalized spacial score (nSPS) is 12.8. The predicted octanol–water partition coefficient (Wildman–Crippen LogP) is 5.92. The first-order valence-corrected chi connectivity index (χ1v) is 13.2. The van der Waals surface area contributed by atoms with Crippen molar-refractivity contribution in [2.45, 2.75) is 60.6 Å². The third kappa shape index (κ3) is 7.57. The zero-order valence-electron chi connectivity index (χ0n) is 25.2. The fourth-order valence-corrected chi connectivity index (χ4v) is 4.65. The lowest BCUT2D eigenvalue weighted by molar-refractivity contribution is -0.151. The fourth-order valence-electron chi connectivity index (χ4n) is 4.65. The van der Waals surface area contributed by atoms with Gasteiger partial charge in [0.05, 0.1) is 38.4 Å². The molecule has 0 radical (unpaired) electrons. The zero-order valence-corrected chi connectivity index (χ0v) is 25.2. The van der Waals surface area contributed by atoms with Crippen LogP contribution in [0.3, 0.4) is 0 Å². The molecule has 3 aromatic rings. The summed E-state index contributed by atoms with van der Waals surface area (Å²) in [6.45, 7) is 13.1. The number of fused-ring (bicyclic) bond motifs is 1. The van der Waals surface area contributed by atoms with Crippen LogP contribution in [0.1, 0.15) is 57.2 Å². The smallest absolute Gasteiger partial charge is 0.312 e. The van der Waals surface area contributed by atoms with Gasteiger partial charge in [-0.3, -0.25) is 9.79 Å². The summed E-state index contributed by atoms with van der Waals surface area (Å²) in [5, 5.41) is 8.70. The van der Waals surface area contributed by atoms with Crippen molar-refractivity contribution in [3.05, 3.63) is 64.7 Å². The van der Waals surface area contributed by atoms with Gasteiger partial charge in [0.15, 0.2) is 0 Å². The van der Waals surface area contributed by atoms with E-state index in [-0.39, 0.29) is 11.9 Å². The van der Waals surface area contributed by atoms with E-state index in [0.717, 1.165) is 51.3 Å². The van der Waals surface area contributed by atoms with Crippen molar-refractivity contribution in [1.82, 2.24) is 15.0 Å². The fraction of sp³-hybridized carbons (Fsp3) is 0.438. The Morgan fingerprint density at radius 1 is 1.20 bits per heavy atom. The average molecular weight is 547 g/mol. The Kier molecular flexibility index (Phi) is 12.1. The molecule has 0 spiro atoms. The minimum Gasteiger partial charge on any atom is -0.497 e. The maximum absolute atomic E-state index is 13.0. The van der Waals surface area contributed by atoms with Gasteiger partial charge in [-0.05, 0) is 88.1 Å². The minimum atomic E-state index is -0.885. The number of allylic oxidation sites excluding steroid dienone is 1. The van der Waals surface area contributed by atoms with Gasteiger partial charge in [0, 0.05) is 25.2 Å². The van der Waals surface area contributed by atoms with Gasteiger partial charge in [-0.25, -0.2) is 4.68 Å². The van der Waals surface area contributed by atoms with E-state index >= 15 is 0 Å². The molecule has 8 heteroatoms. The van der Waals surface area contributed by atoms with E-state index in [1.54, 1.807) is 21.1 Å². The highest BCUT2D eigenvalue weighted by atomic mass is 16.5. The zero-order chi connectivity index (χ0) is 29.9. The molecule has 40 heavy (non-hydrogen) atoms. The van der Waals surface area contributed by atoms with Gasteiger partial charge in [-0.15, -0.1) is 17.4 Å². The van der Waals surface area contributed by atoms with Gasteiger partial charge in [0.2, 0.25) is 0 Å². The van der Waals surface area contributed by atoms with Crippen LogP contribution >= 0.6 is 0 Å². The molecule has 0 bridgehead atoms. The molecule has 1 aromatic heterocycles. The standard InChI is InChI=1S/C29H38N4O4.C3H4/c1-9-33-25-15-14-23(20(3)27(25)31-32-33)26(29(4,5)28(34)36-8)24(30-6)16-19(2)17-37-18-21-10-12-22(35-7)13-11-21;1-3-2/h10-16,26H,9,17-18H2,1-8H3;1H,2H3/b19-16+,30-24?;. The highest BCUT2D eigenvalue weighted by molar-refractivity contribution is 6.04. The molecule has 1 atom stereocenters. The van der Waals surface area contributed by atoms with Crippen molar-refractivity contribution in [3.8, 4) is 18.1 Å². The van der Waals surface area contributed by atoms with E-state index in [1.807, 2.05) is 75.7 Å². The van der Waals surface area contributed by atoms with Crippen molar-refractivity contribution in [3.63, 3.8) is 0 Å². The summed E-state index contributed by atoms with van der Waals surface area (Å²) in [5.41, 5.74) is 5.67. The highest BCUT2D eigenvalue weighted by Gasteiger charge is 2.42. The molecule has 0 saturated carbocycles. The number of nitrogens with zero attached hydrogens (tertiary/aromatic N) is 4. The Morgan fingerprint density at radius 2 is 1.85 bits per heavy atom. The van der Waals surface area contributed by atoms with E-state index in [2.05, 4.69) is 33.7 Å². The van der Waals surface area contributed by atoms with Gasteiger partial charge in [0.1, 0.15) is 11.3 Å². The van der Waals surface area contributed by atoms with Crippen molar-refractivity contribution in [2.75, 3.05) is 27.9 Å². The molecular weight excluding hydrogens is 504 g/mol. The van der Waals surface area contributed by atoms with E-state index in [0.29, 0.717) is 13.2 Å². The van der Waals surface area contributed by atoms with E-state index in [4.69, 9.17) is 14.2 Å². The number of terminal acetylenes is 1. The molecule has 0 aliphatic heterocycles. The van der Waals surface area contributed by atoms with Crippen LogP contribution < -0.4 is 4.74 Å². The maximum atomic E-state index is 13.0. The summed E-state index contributed by atoms with van der Waals surface area (Å²) in [6, 6.07) is 11.9. The number of methoxy groups -OCH3 is 2. The molecule has 3 rings (SSSR count). The third-order valence-corrected chi connectivity index (χ3v) is 6.73. The molecule has 2 aromatic carbocycles. The molecule has 1 heterocycles. The van der Waals surface area contributed by atoms with Gasteiger partial charge in [0.25, 0.3) is 0 Å². The van der Waals surface area contributed by atoms with Crippen LogP contribution in [0.5, 0.6) is 5.75 Å². The van der Waals surface area contributed by atoms with Gasteiger partial charge in [-0.1, -0.05) is 23.4 Å². The quantitative estimate of drug-likeness (QED) is 0.168. The van der Waals surface area contributed by atoms with Crippen molar-refractivity contribution >= 4 is 22.7 Å². The summed E-state index contributed by atoms with van der Waals surface area (Å²) in [4.78, 5) is 17.6. The van der Waals surface area contributed by atoms with Crippen LogP contribution in [0.4, 0.5) is 0 Å². The topological polar surface area (TPSA) is 87.8 Å². The second-order valence-corrected chi connectivity index (χ2v) is 9.97. The van der Waals surface area contributed by atoms with Crippen molar-refractivity contribution < 1.29 is 19.0 Å². The Labute approximate surface area is 238 Å². The van der Waals surface area contributed by atoms with E-state index in [9.17, 15) is 4.79 Å². The van der Waals surface area contributed by atoms with Crippen molar-refractivity contribution in [2.24, 2.45) is 10.4 Å². The highest BCUT2D eigenvalue weighted by Crippen LogP contribution is 2.41. The lowest BCUT2D eigenvalue weighted by Crippen LogP contribution is -2.37. The number of carbonyl (C=O) groups excluding carboxylic acids is 1. The molecule has 8 nitrogen and oxygen atoms in total. The number of carbonyl (C=O) groups is 1. The number of aromatic nitrogens is 3. The predicted molar refractivity (Wildman–Crippen MR) is 161 cm³/mol. The van der Waals surface area contributed by atoms with E-state index < -0.39 is 5.41 Å². The van der Waals surface area contributed by atoms with Crippen LogP contribution in [-0.2, 0) is 27.4 Å². The van der Waals surface area contributed by atoms with Crippen LogP contribution in [-0.4, -0.2) is 54.5 Å². The van der Waals surface area contributed by atoms with Crippen LogP contribution in [0.15, 0.2) is 53.0 Å². The largest absolute Gasteiger partial charge is 0.497 e. The Hall–Kier alpha value is -3.96. The molecule has 214 valence electrons. The van der Waals surface area contributed by atoms with Crippen LogP contribution in [0.2, 0.25) is 0 Å². The first-order valence-electron chi connectivity index (χ1n) is 13.2. The average Bonchev–Trinajstić information content (AvgIpc) is 3.38. The molecular formula is C32H42N4O4. The number of hydrogen-bond donors (Lipinski definition) is 0. The molecule has 0 N–H and O–H groups in total.